The fourth-order valence-electron chi connectivity index (χ4n) is 1.67. The second kappa shape index (κ2) is 4.84. The summed E-state index contributed by atoms with van der Waals surface area (Å²) < 4.78 is 1.88. The molecule has 0 saturated heterocycles. The lowest BCUT2D eigenvalue weighted by molar-refractivity contribution is 0.518. The maximum Gasteiger partial charge on any atom is 0.106 e. The van der Waals surface area contributed by atoms with Crippen LogP contribution in [0.3, 0.4) is 0 Å². The van der Waals surface area contributed by atoms with Gasteiger partial charge in [0.05, 0.1) is 24.1 Å². The number of nitrogens with one attached hydrogen (secondary N) is 2. The molecule has 2 aromatic heterocycles. The number of aromatic amines is 1. The van der Waals surface area contributed by atoms with Gasteiger partial charge >= 0.3 is 0 Å². The van der Waals surface area contributed by atoms with Gasteiger partial charge in [-0.3, -0.25) is 0 Å². The smallest absolute Gasteiger partial charge is 0.106 e. The largest absolute Gasteiger partial charge is 0.307 e. The van der Waals surface area contributed by atoms with E-state index in [1.54, 1.807) is 12.4 Å². The fraction of sp³-hybridized carbons (Fsp3) is 0.556. The van der Waals surface area contributed by atoms with Crippen LogP contribution in [0.1, 0.15) is 30.8 Å². The van der Waals surface area contributed by atoms with Crippen LogP contribution in [0, 0.1) is 0 Å². The predicted molar refractivity (Wildman–Crippen MR) is 57.6 cm³/mol. The molecule has 0 aliphatic heterocycles. The standard InChI is InChI=1S/C9H15N7/c1-3-4-16-8(6-12-15-16)9(10-2)7-5-11-14-13-7/h5-6,9-10H,3-4H2,1-2H3,(H,11,13,14). The number of aryl methyl sites for hydroxylation is 1. The maximum atomic E-state index is 4.08. The normalized spacial score (nSPS) is 12.9. The molecule has 0 spiro atoms. The zero-order chi connectivity index (χ0) is 11.4. The summed E-state index contributed by atoms with van der Waals surface area (Å²) in [6, 6.07) is -0.0275. The zero-order valence-corrected chi connectivity index (χ0v) is 9.38. The number of nitrogens with zero attached hydrogens (tertiary/aromatic N) is 5. The Labute approximate surface area is 93.2 Å². The number of H-pyrrole nitrogens is 1. The minimum absolute atomic E-state index is 0.0275. The Morgan fingerprint density at radius 1 is 1.50 bits per heavy atom. The molecule has 7 nitrogen and oxygen atoms in total. The summed E-state index contributed by atoms with van der Waals surface area (Å²) in [5, 5.41) is 21.7. The Kier molecular flexibility index (Phi) is 3.25. The Balaban J connectivity index is 2.30. The first-order valence-corrected chi connectivity index (χ1v) is 5.28. The van der Waals surface area contributed by atoms with Crippen molar-refractivity contribution in [3.05, 3.63) is 23.8 Å². The van der Waals surface area contributed by atoms with E-state index in [-0.39, 0.29) is 6.04 Å². The highest BCUT2D eigenvalue weighted by atomic mass is 15.4. The maximum absolute atomic E-state index is 4.08. The van der Waals surface area contributed by atoms with Gasteiger partial charge in [0.15, 0.2) is 0 Å². The molecule has 16 heavy (non-hydrogen) atoms. The first-order valence-electron chi connectivity index (χ1n) is 5.28. The predicted octanol–water partition coefficient (Wildman–Crippen LogP) is 0.115. The van der Waals surface area contributed by atoms with Crippen LogP contribution < -0.4 is 5.32 Å². The average molecular weight is 221 g/mol. The second-order valence-corrected chi connectivity index (χ2v) is 3.50. The van der Waals surface area contributed by atoms with Crippen molar-refractivity contribution in [1.29, 1.82) is 0 Å². The van der Waals surface area contributed by atoms with Crippen LogP contribution in [0.2, 0.25) is 0 Å². The second-order valence-electron chi connectivity index (χ2n) is 3.50. The summed E-state index contributed by atoms with van der Waals surface area (Å²) in [6.45, 7) is 2.96. The van der Waals surface area contributed by atoms with Gasteiger partial charge in [-0.25, -0.2) is 4.68 Å². The monoisotopic (exact) mass is 221 g/mol. The van der Waals surface area contributed by atoms with Crippen molar-refractivity contribution in [2.24, 2.45) is 0 Å². The molecular weight excluding hydrogens is 206 g/mol. The molecule has 0 aliphatic carbocycles. The van der Waals surface area contributed by atoms with Crippen LogP contribution in [-0.2, 0) is 6.54 Å². The van der Waals surface area contributed by atoms with Crippen molar-refractivity contribution in [2.75, 3.05) is 7.05 Å². The van der Waals surface area contributed by atoms with E-state index in [0.717, 1.165) is 24.4 Å². The van der Waals surface area contributed by atoms with E-state index in [4.69, 9.17) is 0 Å². The average Bonchev–Trinajstić information content (AvgIpc) is 2.92. The molecule has 0 bridgehead atoms. The van der Waals surface area contributed by atoms with Gasteiger partial charge in [-0.15, -0.1) is 5.10 Å². The molecule has 2 aromatic rings. The molecule has 1 unspecified atom stereocenters. The number of hydrogen-bond acceptors (Lipinski definition) is 5. The van der Waals surface area contributed by atoms with Gasteiger partial charge in [0.25, 0.3) is 0 Å². The van der Waals surface area contributed by atoms with Crippen molar-refractivity contribution in [3.8, 4) is 0 Å². The molecule has 0 aromatic carbocycles. The van der Waals surface area contributed by atoms with Gasteiger partial charge in [0, 0.05) is 6.54 Å². The van der Waals surface area contributed by atoms with E-state index in [1.807, 2.05) is 11.7 Å². The van der Waals surface area contributed by atoms with Crippen molar-refractivity contribution >= 4 is 0 Å². The molecule has 86 valence electrons. The van der Waals surface area contributed by atoms with E-state index < -0.39 is 0 Å². The van der Waals surface area contributed by atoms with Gasteiger partial charge in [-0.05, 0) is 13.5 Å². The minimum Gasteiger partial charge on any atom is -0.307 e. The lowest BCUT2D eigenvalue weighted by Gasteiger charge is -2.13. The third-order valence-electron chi connectivity index (χ3n) is 2.40. The lowest BCUT2D eigenvalue weighted by Crippen LogP contribution is -2.22. The minimum atomic E-state index is -0.0275. The van der Waals surface area contributed by atoms with Gasteiger partial charge in [0.1, 0.15) is 5.69 Å². The lowest BCUT2D eigenvalue weighted by atomic mass is 10.1. The number of aromatic nitrogens is 6. The van der Waals surface area contributed by atoms with Crippen molar-refractivity contribution in [1.82, 2.24) is 35.7 Å². The van der Waals surface area contributed by atoms with Gasteiger partial charge in [-0.2, -0.15) is 15.4 Å². The summed E-state index contributed by atoms with van der Waals surface area (Å²) >= 11 is 0. The molecule has 7 heteroatoms. The Morgan fingerprint density at radius 3 is 3.00 bits per heavy atom. The van der Waals surface area contributed by atoms with Crippen LogP contribution in [0.5, 0.6) is 0 Å². The molecule has 1 atom stereocenters. The molecule has 0 aliphatic rings. The fourth-order valence-corrected chi connectivity index (χ4v) is 1.67. The Morgan fingerprint density at radius 2 is 2.38 bits per heavy atom. The van der Waals surface area contributed by atoms with Crippen LogP contribution in [0.4, 0.5) is 0 Å². The van der Waals surface area contributed by atoms with E-state index in [2.05, 4.69) is 38.0 Å². The van der Waals surface area contributed by atoms with Gasteiger partial charge in [-0.1, -0.05) is 12.1 Å². The summed E-state index contributed by atoms with van der Waals surface area (Å²) in [7, 11) is 1.88. The number of hydrogen-bond donors (Lipinski definition) is 2. The molecule has 0 saturated carbocycles. The van der Waals surface area contributed by atoms with Crippen molar-refractivity contribution < 1.29 is 0 Å². The van der Waals surface area contributed by atoms with Gasteiger partial charge in [0.2, 0.25) is 0 Å². The molecule has 0 amide bonds. The zero-order valence-electron chi connectivity index (χ0n) is 9.38. The molecule has 2 heterocycles. The Hall–Kier alpha value is -1.76. The van der Waals surface area contributed by atoms with E-state index >= 15 is 0 Å². The highest BCUT2D eigenvalue weighted by Crippen LogP contribution is 2.17. The molecule has 2 rings (SSSR count). The molecular formula is C9H15N7. The highest BCUT2D eigenvalue weighted by molar-refractivity contribution is 5.16. The summed E-state index contributed by atoms with van der Waals surface area (Å²) in [4.78, 5) is 0. The quantitative estimate of drug-likeness (QED) is 0.749. The Bertz CT molecular complexity index is 419. The van der Waals surface area contributed by atoms with Crippen molar-refractivity contribution in [2.45, 2.75) is 25.9 Å². The van der Waals surface area contributed by atoms with Crippen LogP contribution >= 0.6 is 0 Å². The third-order valence-corrected chi connectivity index (χ3v) is 2.40. The van der Waals surface area contributed by atoms with Crippen LogP contribution in [0.25, 0.3) is 0 Å². The molecule has 0 radical (unpaired) electrons. The first-order chi connectivity index (χ1) is 7.86. The third kappa shape index (κ3) is 1.94. The van der Waals surface area contributed by atoms with E-state index in [1.165, 1.54) is 0 Å². The SMILES string of the molecule is CCCn1nncc1C(NC)c1cn[nH]n1. The highest BCUT2D eigenvalue weighted by Gasteiger charge is 2.19. The van der Waals surface area contributed by atoms with Crippen LogP contribution in [-0.4, -0.2) is 37.5 Å². The summed E-state index contributed by atoms with van der Waals surface area (Å²) in [5.74, 6) is 0. The van der Waals surface area contributed by atoms with E-state index in [0.29, 0.717) is 0 Å². The van der Waals surface area contributed by atoms with Crippen molar-refractivity contribution in [3.63, 3.8) is 0 Å². The molecule has 2 N–H and O–H groups in total. The van der Waals surface area contributed by atoms with Crippen LogP contribution in [0.15, 0.2) is 12.4 Å². The topological polar surface area (TPSA) is 84.3 Å². The van der Waals surface area contributed by atoms with Gasteiger partial charge < -0.3 is 5.32 Å². The van der Waals surface area contributed by atoms with E-state index in [9.17, 15) is 0 Å². The summed E-state index contributed by atoms with van der Waals surface area (Å²) in [6.07, 6.45) is 4.47. The first kappa shape index (κ1) is 10.7. The summed E-state index contributed by atoms with van der Waals surface area (Å²) in [5.41, 5.74) is 1.83. The molecule has 0 fully saturated rings. The number of rotatable bonds is 5.